The van der Waals surface area contributed by atoms with Crippen molar-refractivity contribution in [2.75, 3.05) is 24.5 Å². The lowest BCUT2D eigenvalue weighted by Gasteiger charge is -2.26. The number of aromatic nitrogens is 1. The smallest absolute Gasteiger partial charge is 0.243 e. The summed E-state index contributed by atoms with van der Waals surface area (Å²) in [5, 5.41) is 3.07. The Hall–Kier alpha value is -2.55. The van der Waals surface area contributed by atoms with Crippen LogP contribution in [0.25, 0.3) is 11.3 Å². The molecule has 2 aromatic carbocycles. The first-order valence-electron chi connectivity index (χ1n) is 11.4. The first-order valence-corrected chi connectivity index (χ1v) is 13.7. The van der Waals surface area contributed by atoms with Gasteiger partial charge in [0.05, 0.1) is 22.0 Å². The van der Waals surface area contributed by atoms with Crippen molar-refractivity contribution in [3.05, 3.63) is 64.0 Å². The number of carbonyl (C=O) groups excluding carboxylic acids is 1. The first-order chi connectivity index (χ1) is 15.9. The van der Waals surface area contributed by atoms with Crippen molar-refractivity contribution in [1.29, 1.82) is 0 Å². The maximum absolute atomic E-state index is 13.1. The van der Waals surface area contributed by atoms with Crippen LogP contribution in [0.4, 0.5) is 5.69 Å². The molecule has 2 aliphatic rings. The molecule has 33 heavy (non-hydrogen) atoms. The molecule has 1 fully saturated rings. The summed E-state index contributed by atoms with van der Waals surface area (Å²) in [6.45, 7) is 3.74. The Morgan fingerprint density at radius 2 is 1.79 bits per heavy atom. The highest BCUT2D eigenvalue weighted by molar-refractivity contribution is 7.89. The highest BCUT2D eigenvalue weighted by Gasteiger charge is 2.30. The topological polar surface area (TPSA) is 70.6 Å². The monoisotopic (exact) mass is 481 g/mol. The highest BCUT2D eigenvalue weighted by atomic mass is 32.2. The van der Waals surface area contributed by atoms with Crippen LogP contribution in [0.3, 0.4) is 0 Å². The van der Waals surface area contributed by atoms with Crippen LogP contribution in [-0.4, -0.2) is 43.2 Å². The fourth-order valence-electron chi connectivity index (χ4n) is 4.61. The maximum Gasteiger partial charge on any atom is 0.243 e. The molecule has 0 radical (unpaired) electrons. The van der Waals surface area contributed by atoms with Gasteiger partial charge in [-0.15, -0.1) is 11.3 Å². The molecule has 1 aromatic heterocycles. The summed E-state index contributed by atoms with van der Waals surface area (Å²) < 4.78 is 27.6. The zero-order valence-corrected chi connectivity index (χ0v) is 20.3. The molecule has 172 valence electrons. The predicted molar refractivity (Wildman–Crippen MR) is 131 cm³/mol. The third kappa shape index (κ3) is 4.47. The van der Waals surface area contributed by atoms with E-state index in [-0.39, 0.29) is 5.91 Å². The molecular formula is C25H27N3O3S2. The quantitative estimate of drug-likeness (QED) is 0.541. The number of benzene rings is 2. The standard InChI is InChI=1S/C25H27N3O3S2/c1-18-26-23(17-32-18)20-7-5-19(6-8-20)15-25(29)28-14-11-21-16-22(9-10-24(21)28)33(30,31)27-12-3-2-4-13-27/h5-10,16-17H,2-4,11-15H2,1H3. The van der Waals surface area contributed by atoms with Gasteiger partial charge in [0, 0.05) is 36.3 Å². The third-order valence-corrected chi connectivity index (χ3v) is 9.09. The number of sulfonamides is 1. The molecule has 8 heteroatoms. The second kappa shape index (κ2) is 9.00. The highest BCUT2D eigenvalue weighted by Crippen LogP contribution is 2.32. The molecule has 0 bridgehead atoms. The Morgan fingerprint density at radius 3 is 2.48 bits per heavy atom. The van der Waals surface area contributed by atoms with Crippen molar-refractivity contribution < 1.29 is 13.2 Å². The van der Waals surface area contributed by atoms with Gasteiger partial charge in [-0.3, -0.25) is 4.79 Å². The molecule has 0 unspecified atom stereocenters. The van der Waals surface area contributed by atoms with Crippen molar-refractivity contribution in [3.8, 4) is 11.3 Å². The summed E-state index contributed by atoms with van der Waals surface area (Å²) in [5.74, 6) is 0.0256. The number of piperidine rings is 1. The number of fused-ring (bicyclic) bond motifs is 1. The van der Waals surface area contributed by atoms with Crippen molar-refractivity contribution >= 4 is 33.0 Å². The molecule has 0 aliphatic carbocycles. The average molecular weight is 482 g/mol. The van der Waals surface area contributed by atoms with Crippen LogP contribution in [0.5, 0.6) is 0 Å². The number of rotatable bonds is 5. The Bertz CT molecular complexity index is 1280. The number of hydrogen-bond acceptors (Lipinski definition) is 5. The molecule has 1 saturated heterocycles. The lowest BCUT2D eigenvalue weighted by molar-refractivity contribution is -0.117. The average Bonchev–Trinajstić information content (AvgIpc) is 3.46. The van der Waals surface area contributed by atoms with Gasteiger partial charge in [0.1, 0.15) is 0 Å². The van der Waals surface area contributed by atoms with E-state index in [1.807, 2.05) is 36.6 Å². The molecule has 6 nitrogen and oxygen atoms in total. The van der Waals surface area contributed by atoms with E-state index in [0.29, 0.717) is 37.4 Å². The van der Waals surface area contributed by atoms with Gasteiger partial charge in [-0.25, -0.2) is 13.4 Å². The zero-order valence-electron chi connectivity index (χ0n) is 18.7. The lowest BCUT2D eigenvalue weighted by atomic mass is 10.1. The molecule has 0 spiro atoms. The van der Waals surface area contributed by atoms with Crippen LogP contribution in [0, 0.1) is 6.92 Å². The lowest BCUT2D eigenvalue weighted by Crippen LogP contribution is -2.35. The summed E-state index contributed by atoms with van der Waals surface area (Å²) in [4.78, 5) is 19.7. The Kier molecular flexibility index (Phi) is 6.07. The van der Waals surface area contributed by atoms with Crippen LogP contribution >= 0.6 is 11.3 Å². The van der Waals surface area contributed by atoms with Gasteiger partial charge in [-0.2, -0.15) is 4.31 Å². The molecule has 1 amide bonds. The second-order valence-corrected chi connectivity index (χ2v) is 11.7. The summed E-state index contributed by atoms with van der Waals surface area (Å²) >= 11 is 1.62. The van der Waals surface area contributed by atoms with Gasteiger partial charge in [0.15, 0.2) is 0 Å². The first kappa shape index (κ1) is 22.3. The maximum atomic E-state index is 13.1. The molecule has 0 saturated carbocycles. The Labute approximate surface area is 198 Å². The second-order valence-electron chi connectivity index (χ2n) is 8.68. The predicted octanol–water partition coefficient (Wildman–Crippen LogP) is 4.42. The minimum atomic E-state index is -3.47. The third-order valence-electron chi connectivity index (χ3n) is 6.42. The van der Waals surface area contributed by atoms with E-state index in [0.717, 1.165) is 52.3 Å². The van der Waals surface area contributed by atoms with Gasteiger partial charge in [0.25, 0.3) is 0 Å². The van der Waals surface area contributed by atoms with Gasteiger partial charge >= 0.3 is 0 Å². The van der Waals surface area contributed by atoms with E-state index in [4.69, 9.17) is 0 Å². The van der Waals surface area contributed by atoms with Gasteiger partial charge in [-0.05, 0) is 55.5 Å². The molecule has 5 rings (SSSR count). The fourth-order valence-corrected chi connectivity index (χ4v) is 6.80. The van der Waals surface area contributed by atoms with Crippen LogP contribution in [0.2, 0.25) is 0 Å². The zero-order chi connectivity index (χ0) is 23.0. The summed E-state index contributed by atoms with van der Waals surface area (Å²) in [7, 11) is -3.47. The number of anilines is 1. The number of carbonyl (C=O) groups is 1. The number of hydrogen-bond donors (Lipinski definition) is 0. The Morgan fingerprint density at radius 1 is 1.03 bits per heavy atom. The van der Waals surface area contributed by atoms with E-state index in [9.17, 15) is 13.2 Å². The van der Waals surface area contributed by atoms with E-state index in [1.54, 1.807) is 38.7 Å². The SMILES string of the molecule is Cc1nc(-c2ccc(CC(=O)N3CCc4cc(S(=O)(=O)N5CCCCC5)ccc43)cc2)cs1. The van der Waals surface area contributed by atoms with Crippen LogP contribution in [-0.2, 0) is 27.7 Å². The Balaban J connectivity index is 1.29. The molecule has 0 N–H and O–H groups in total. The van der Waals surface area contributed by atoms with E-state index < -0.39 is 10.0 Å². The summed E-state index contributed by atoms with van der Waals surface area (Å²) in [6.07, 6.45) is 3.89. The largest absolute Gasteiger partial charge is 0.312 e. The van der Waals surface area contributed by atoms with Gasteiger partial charge in [0.2, 0.25) is 15.9 Å². The number of thiazole rings is 1. The van der Waals surface area contributed by atoms with Crippen LogP contribution in [0.15, 0.2) is 52.7 Å². The molecule has 3 aromatic rings. The van der Waals surface area contributed by atoms with Crippen LogP contribution < -0.4 is 4.90 Å². The summed E-state index contributed by atoms with van der Waals surface area (Å²) in [5.41, 5.74) is 4.71. The molecule has 3 heterocycles. The van der Waals surface area contributed by atoms with E-state index >= 15 is 0 Å². The summed E-state index contributed by atoms with van der Waals surface area (Å²) in [6, 6.07) is 13.2. The van der Waals surface area contributed by atoms with E-state index in [2.05, 4.69) is 4.98 Å². The number of nitrogens with zero attached hydrogens (tertiary/aromatic N) is 3. The molecule has 0 atom stereocenters. The van der Waals surface area contributed by atoms with Crippen molar-refractivity contribution in [3.63, 3.8) is 0 Å². The normalized spacial score (nSPS) is 16.7. The number of amides is 1. The molecule has 2 aliphatic heterocycles. The van der Waals surface area contributed by atoms with Crippen molar-refractivity contribution in [2.24, 2.45) is 0 Å². The minimum Gasteiger partial charge on any atom is -0.312 e. The fraction of sp³-hybridized carbons (Fsp3) is 0.360. The van der Waals surface area contributed by atoms with Crippen LogP contribution in [0.1, 0.15) is 35.4 Å². The van der Waals surface area contributed by atoms with Crippen molar-refractivity contribution in [1.82, 2.24) is 9.29 Å². The van der Waals surface area contributed by atoms with Crippen molar-refractivity contribution in [2.45, 2.75) is 43.9 Å². The number of aryl methyl sites for hydroxylation is 1. The van der Waals surface area contributed by atoms with Gasteiger partial charge < -0.3 is 4.90 Å². The van der Waals surface area contributed by atoms with Gasteiger partial charge in [-0.1, -0.05) is 30.7 Å². The minimum absolute atomic E-state index is 0.0256. The molecular weight excluding hydrogens is 454 g/mol. The van der Waals surface area contributed by atoms with E-state index in [1.165, 1.54) is 0 Å².